The van der Waals surface area contributed by atoms with Crippen molar-refractivity contribution in [2.45, 2.75) is 373 Å². The highest BCUT2D eigenvalue weighted by atomic mass is 16.6. The molecule has 0 aromatic carbocycles. The number of carbonyl (C=O) groups is 2. The van der Waals surface area contributed by atoms with E-state index < -0.39 is 6.10 Å². The summed E-state index contributed by atoms with van der Waals surface area (Å²) in [4.78, 5) is 24.6. The topological polar surface area (TPSA) is 72.8 Å². The van der Waals surface area contributed by atoms with Crippen molar-refractivity contribution >= 4 is 11.9 Å². The molecule has 0 aromatic rings. The Morgan fingerprint density at radius 3 is 0.783 bits per heavy atom. The maximum absolute atomic E-state index is 12.3. The number of carbonyl (C=O) groups excluding carboxylic acids is 2. The Bertz CT molecular complexity index is 1010. The minimum atomic E-state index is -0.768. The minimum Gasteiger partial charge on any atom is -0.462 e. The lowest BCUT2D eigenvalue weighted by molar-refractivity contribution is -0.161. The number of hydrogen-bond donors (Lipinski definition) is 1. The molecule has 0 spiro atoms. The zero-order valence-electron chi connectivity index (χ0n) is 47.1. The fraction of sp³-hybridized carbons (Fsp3) is 0.938. The fourth-order valence-corrected chi connectivity index (χ4v) is 10.0. The molecule has 5 nitrogen and oxygen atoms in total. The molecule has 0 rings (SSSR count). The first-order chi connectivity index (χ1) is 34.1. The van der Waals surface area contributed by atoms with E-state index >= 15 is 0 Å². The second-order valence-corrected chi connectivity index (χ2v) is 21.9. The average Bonchev–Trinajstić information content (AvgIpc) is 3.35. The normalized spacial score (nSPS) is 12.1. The predicted octanol–water partition coefficient (Wildman–Crippen LogP) is 21.5. The van der Waals surface area contributed by atoms with Gasteiger partial charge < -0.3 is 14.6 Å². The Kier molecular flexibility index (Phi) is 59.7. The summed E-state index contributed by atoms with van der Waals surface area (Å²) in [7, 11) is 0. The maximum atomic E-state index is 12.3. The first kappa shape index (κ1) is 67.6. The molecule has 410 valence electrons. The van der Waals surface area contributed by atoms with Crippen molar-refractivity contribution in [3.63, 3.8) is 0 Å². The van der Waals surface area contributed by atoms with Crippen molar-refractivity contribution in [1.82, 2.24) is 0 Å². The molecular formula is C64H124O5. The third-order valence-electron chi connectivity index (χ3n) is 14.8. The van der Waals surface area contributed by atoms with Gasteiger partial charge in [0.15, 0.2) is 6.10 Å². The number of rotatable bonds is 60. The summed E-state index contributed by atoms with van der Waals surface area (Å²) in [5.41, 5.74) is 0. The lowest BCUT2D eigenvalue weighted by atomic mass is 10.0. The number of esters is 2. The molecule has 0 aromatic heterocycles. The molecule has 0 bridgehead atoms. The zero-order valence-corrected chi connectivity index (χ0v) is 47.1. The molecule has 0 amide bonds. The van der Waals surface area contributed by atoms with Gasteiger partial charge in [-0.3, -0.25) is 9.59 Å². The second-order valence-electron chi connectivity index (χ2n) is 21.9. The maximum Gasteiger partial charge on any atom is 0.306 e. The van der Waals surface area contributed by atoms with Crippen LogP contribution in [0.5, 0.6) is 0 Å². The summed E-state index contributed by atoms with van der Waals surface area (Å²) in [6.07, 6.45) is 76.5. The summed E-state index contributed by atoms with van der Waals surface area (Å²) >= 11 is 0. The van der Waals surface area contributed by atoms with Crippen molar-refractivity contribution in [3.05, 3.63) is 12.2 Å². The number of unbranched alkanes of at least 4 members (excludes halogenated alkanes) is 50. The van der Waals surface area contributed by atoms with E-state index in [2.05, 4.69) is 26.0 Å². The summed E-state index contributed by atoms with van der Waals surface area (Å²) < 4.78 is 10.7. The highest BCUT2D eigenvalue weighted by Crippen LogP contribution is 2.19. The highest BCUT2D eigenvalue weighted by molar-refractivity contribution is 5.70. The van der Waals surface area contributed by atoms with Gasteiger partial charge in [-0.15, -0.1) is 0 Å². The lowest BCUT2D eigenvalue weighted by Crippen LogP contribution is -2.28. The number of aliphatic hydroxyl groups is 1. The van der Waals surface area contributed by atoms with E-state index in [1.54, 1.807) is 0 Å². The standard InChI is InChI=1S/C64H124O5/c1-3-5-7-9-11-13-15-17-19-21-23-25-27-28-29-30-31-32-33-34-35-37-38-40-42-44-46-48-50-52-54-56-58-63(66)68-61-62(60-65)69-64(67)59-57-55-53-51-49-47-45-43-41-39-36-26-24-22-20-18-16-14-12-10-8-6-4-2/h22,24,62,65H,3-21,23,25-61H2,1-2H3/b24-22-. The van der Waals surface area contributed by atoms with Crippen LogP contribution in [0.1, 0.15) is 367 Å². The molecule has 0 aliphatic carbocycles. The molecule has 0 saturated carbocycles. The van der Waals surface area contributed by atoms with E-state index in [4.69, 9.17) is 9.47 Å². The number of ether oxygens (including phenoxy) is 2. The van der Waals surface area contributed by atoms with Gasteiger partial charge in [-0.05, 0) is 38.5 Å². The van der Waals surface area contributed by atoms with E-state index in [1.165, 1.54) is 308 Å². The van der Waals surface area contributed by atoms with Crippen molar-refractivity contribution in [3.8, 4) is 0 Å². The van der Waals surface area contributed by atoms with E-state index in [0.29, 0.717) is 12.8 Å². The van der Waals surface area contributed by atoms with Gasteiger partial charge >= 0.3 is 11.9 Å². The Morgan fingerprint density at radius 1 is 0.319 bits per heavy atom. The van der Waals surface area contributed by atoms with Crippen LogP contribution in [-0.4, -0.2) is 36.4 Å². The molecule has 5 heteroatoms. The number of hydrogen-bond acceptors (Lipinski definition) is 5. The number of allylic oxidation sites excluding steroid dienone is 2. The van der Waals surface area contributed by atoms with Gasteiger partial charge in [-0.1, -0.05) is 328 Å². The van der Waals surface area contributed by atoms with Gasteiger partial charge in [0.25, 0.3) is 0 Å². The third-order valence-corrected chi connectivity index (χ3v) is 14.8. The Labute approximate surface area is 432 Å². The molecular weight excluding hydrogens is 849 g/mol. The smallest absolute Gasteiger partial charge is 0.306 e. The molecule has 1 N–H and O–H groups in total. The Morgan fingerprint density at radius 2 is 0.536 bits per heavy atom. The molecule has 69 heavy (non-hydrogen) atoms. The SMILES string of the molecule is CCCCCCCCCC/C=C\CCCCCCCCCCCCCC(=O)OC(CO)COC(=O)CCCCCCCCCCCCCCCCCCCCCCCCCCCCCCCCCC. The summed E-state index contributed by atoms with van der Waals surface area (Å²) in [5, 5.41) is 9.67. The summed E-state index contributed by atoms with van der Waals surface area (Å²) in [6, 6.07) is 0. The number of aliphatic hydroxyl groups excluding tert-OH is 1. The van der Waals surface area contributed by atoms with Gasteiger partial charge in [0, 0.05) is 12.8 Å². The predicted molar refractivity (Wildman–Crippen MR) is 302 cm³/mol. The van der Waals surface area contributed by atoms with E-state index in [0.717, 1.165) is 32.1 Å². The van der Waals surface area contributed by atoms with Crippen LogP contribution in [0.15, 0.2) is 12.2 Å². The van der Waals surface area contributed by atoms with Crippen LogP contribution >= 0.6 is 0 Å². The molecule has 0 aliphatic rings. The van der Waals surface area contributed by atoms with Crippen LogP contribution in [0.3, 0.4) is 0 Å². The van der Waals surface area contributed by atoms with Gasteiger partial charge in [-0.2, -0.15) is 0 Å². The first-order valence-corrected chi connectivity index (χ1v) is 31.7. The molecule has 0 radical (unpaired) electrons. The molecule has 0 fully saturated rings. The van der Waals surface area contributed by atoms with Crippen LogP contribution in [0.2, 0.25) is 0 Å². The van der Waals surface area contributed by atoms with Crippen LogP contribution in [-0.2, 0) is 19.1 Å². The van der Waals surface area contributed by atoms with Crippen molar-refractivity contribution in [1.29, 1.82) is 0 Å². The van der Waals surface area contributed by atoms with Crippen LogP contribution < -0.4 is 0 Å². The Balaban J connectivity index is 3.38. The Hall–Kier alpha value is -1.36. The largest absolute Gasteiger partial charge is 0.462 e. The monoisotopic (exact) mass is 973 g/mol. The zero-order chi connectivity index (χ0) is 49.9. The van der Waals surface area contributed by atoms with E-state index in [9.17, 15) is 14.7 Å². The molecule has 1 unspecified atom stereocenters. The van der Waals surface area contributed by atoms with Gasteiger partial charge in [-0.25, -0.2) is 0 Å². The van der Waals surface area contributed by atoms with Gasteiger partial charge in [0.05, 0.1) is 6.61 Å². The fourth-order valence-electron chi connectivity index (χ4n) is 10.0. The van der Waals surface area contributed by atoms with Crippen molar-refractivity contribution in [2.75, 3.05) is 13.2 Å². The summed E-state index contributed by atoms with van der Waals surface area (Å²) in [5.74, 6) is -0.567. The molecule has 0 aliphatic heterocycles. The van der Waals surface area contributed by atoms with Crippen LogP contribution in [0.4, 0.5) is 0 Å². The second kappa shape index (κ2) is 60.9. The minimum absolute atomic E-state index is 0.0584. The average molecular weight is 974 g/mol. The van der Waals surface area contributed by atoms with Crippen LogP contribution in [0.25, 0.3) is 0 Å². The molecule has 0 heterocycles. The summed E-state index contributed by atoms with van der Waals surface area (Å²) in [6.45, 7) is 4.21. The first-order valence-electron chi connectivity index (χ1n) is 31.7. The van der Waals surface area contributed by atoms with Crippen LogP contribution in [0, 0.1) is 0 Å². The quantitative estimate of drug-likeness (QED) is 0.0373. The molecule has 1 atom stereocenters. The lowest BCUT2D eigenvalue weighted by Gasteiger charge is -2.15. The van der Waals surface area contributed by atoms with Gasteiger partial charge in [0.1, 0.15) is 6.61 Å². The van der Waals surface area contributed by atoms with E-state index in [1.807, 2.05) is 0 Å². The molecule has 0 saturated heterocycles. The highest BCUT2D eigenvalue weighted by Gasteiger charge is 2.16. The van der Waals surface area contributed by atoms with Crippen molar-refractivity contribution < 1.29 is 24.2 Å². The van der Waals surface area contributed by atoms with E-state index in [-0.39, 0.29) is 25.2 Å². The third kappa shape index (κ3) is 59.1. The van der Waals surface area contributed by atoms with Gasteiger partial charge in [0.2, 0.25) is 0 Å². The van der Waals surface area contributed by atoms with Crippen molar-refractivity contribution in [2.24, 2.45) is 0 Å².